The lowest BCUT2D eigenvalue weighted by Crippen LogP contribution is -2.35. The van der Waals surface area contributed by atoms with Crippen molar-refractivity contribution in [1.82, 2.24) is 9.78 Å². The fourth-order valence-electron chi connectivity index (χ4n) is 3.54. The number of hydrogen-bond acceptors (Lipinski definition) is 6. The van der Waals surface area contributed by atoms with Crippen LogP contribution in [0.25, 0.3) is 11.1 Å². The molecule has 164 valence electrons. The van der Waals surface area contributed by atoms with Crippen molar-refractivity contribution in [2.45, 2.75) is 12.5 Å². The molecule has 0 aliphatic carbocycles. The summed E-state index contributed by atoms with van der Waals surface area (Å²) in [6, 6.07) is 10.3. The van der Waals surface area contributed by atoms with E-state index in [1.54, 1.807) is 30.5 Å². The second-order valence-electron chi connectivity index (χ2n) is 7.06. The number of anilines is 2. The van der Waals surface area contributed by atoms with Crippen molar-refractivity contribution in [3.8, 4) is 22.6 Å². The van der Waals surface area contributed by atoms with Gasteiger partial charge < -0.3 is 25.2 Å². The predicted molar refractivity (Wildman–Crippen MR) is 115 cm³/mol. The second kappa shape index (κ2) is 8.42. The van der Waals surface area contributed by atoms with Crippen molar-refractivity contribution in [3.05, 3.63) is 54.2 Å². The largest absolute Gasteiger partial charge is 0.493 e. The Morgan fingerprint density at radius 2 is 1.94 bits per heavy atom. The quantitative estimate of drug-likeness (QED) is 0.541. The molecule has 1 aromatic heterocycles. The van der Waals surface area contributed by atoms with Crippen molar-refractivity contribution in [2.24, 2.45) is 0 Å². The molecule has 10 nitrogen and oxygen atoms in total. The molecule has 3 aromatic rings. The average Bonchev–Trinajstić information content (AvgIpc) is 3.21. The highest BCUT2D eigenvalue weighted by atomic mass is 16.5. The Morgan fingerprint density at radius 3 is 2.66 bits per heavy atom. The summed E-state index contributed by atoms with van der Waals surface area (Å²) in [5.41, 5.74) is 1.69. The fraction of sp³-hybridized carbons (Fsp3) is 0.182. The number of nitrogens with zero attached hydrogens (tertiary/aromatic N) is 2. The summed E-state index contributed by atoms with van der Waals surface area (Å²) >= 11 is 0. The smallest absolute Gasteiger partial charge is 0.335 e. The van der Waals surface area contributed by atoms with E-state index in [0.29, 0.717) is 28.6 Å². The van der Waals surface area contributed by atoms with Gasteiger partial charge in [-0.05, 0) is 35.9 Å². The highest BCUT2D eigenvalue weighted by Gasteiger charge is 2.33. The molecule has 4 rings (SSSR count). The number of benzene rings is 2. The molecule has 10 heteroatoms. The molecular weight excluding hydrogens is 416 g/mol. The van der Waals surface area contributed by atoms with E-state index in [0.717, 1.165) is 5.56 Å². The lowest BCUT2D eigenvalue weighted by molar-refractivity contribution is -0.125. The number of fused-ring (bicyclic) bond motifs is 1. The van der Waals surface area contributed by atoms with Gasteiger partial charge in [0, 0.05) is 11.3 Å². The second-order valence-corrected chi connectivity index (χ2v) is 7.06. The van der Waals surface area contributed by atoms with Gasteiger partial charge in [0.1, 0.15) is 11.9 Å². The molecule has 2 heterocycles. The Labute approximate surface area is 182 Å². The number of aromatic nitrogens is 2. The summed E-state index contributed by atoms with van der Waals surface area (Å²) in [4.78, 5) is 36.5. The number of carboxylic acid groups (broad SMARTS) is 1. The normalized spacial score (nSPS) is 14.8. The molecule has 3 N–H and O–H groups in total. The molecule has 0 spiro atoms. The van der Waals surface area contributed by atoms with Crippen LogP contribution in [-0.4, -0.2) is 46.9 Å². The van der Waals surface area contributed by atoms with E-state index in [-0.39, 0.29) is 17.9 Å². The number of carbonyl (C=O) groups excluding carboxylic acids is 2. The number of amides is 2. The van der Waals surface area contributed by atoms with Crippen LogP contribution in [0, 0.1) is 0 Å². The van der Waals surface area contributed by atoms with Crippen LogP contribution in [-0.2, 0) is 9.59 Å². The van der Waals surface area contributed by atoms with E-state index in [4.69, 9.17) is 14.6 Å². The molecular formula is C22H20N4O6. The Bertz CT molecular complexity index is 1220. The van der Waals surface area contributed by atoms with Crippen LogP contribution in [0.5, 0.6) is 11.5 Å². The third-order valence-electron chi connectivity index (χ3n) is 5.10. The zero-order chi connectivity index (χ0) is 22.8. The van der Waals surface area contributed by atoms with Crippen LogP contribution in [0.3, 0.4) is 0 Å². The Hall–Kier alpha value is -4.34. The summed E-state index contributed by atoms with van der Waals surface area (Å²) in [6.45, 7) is 0. The van der Waals surface area contributed by atoms with Crippen molar-refractivity contribution < 1.29 is 29.0 Å². The average molecular weight is 436 g/mol. The Balaban J connectivity index is 1.66. The molecule has 1 aliphatic rings. The Morgan fingerprint density at radius 1 is 1.16 bits per heavy atom. The maximum atomic E-state index is 13.0. The number of methoxy groups -OCH3 is 2. The predicted octanol–water partition coefficient (Wildman–Crippen LogP) is 2.79. The summed E-state index contributed by atoms with van der Waals surface area (Å²) in [5.74, 6) is -0.466. The first kappa shape index (κ1) is 20.9. The van der Waals surface area contributed by atoms with Gasteiger partial charge >= 0.3 is 5.97 Å². The molecule has 2 aromatic carbocycles. The molecule has 1 atom stereocenters. The van der Waals surface area contributed by atoms with E-state index < -0.39 is 17.9 Å². The third kappa shape index (κ3) is 3.85. The number of carbonyl (C=O) groups is 3. The minimum Gasteiger partial charge on any atom is -0.493 e. The zero-order valence-electron chi connectivity index (χ0n) is 17.3. The first-order chi connectivity index (χ1) is 15.4. The van der Waals surface area contributed by atoms with Crippen LogP contribution in [0.15, 0.2) is 48.7 Å². The van der Waals surface area contributed by atoms with E-state index in [2.05, 4.69) is 15.7 Å². The number of aromatic carboxylic acids is 1. The van der Waals surface area contributed by atoms with Gasteiger partial charge in [0.15, 0.2) is 11.5 Å². The third-order valence-corrected chi connectivity index (χ3v) is 5.10. The van der Waals surface area contributed by atoms with E-state index >= 15 is 0 Å². The summed E-state index contributed by atoms with van der Waals surface area (Å²) in [5, 5.41) is 18.9. The maximum absolute atomic E-state index is 13.0. The van der Waals surface area contributed by atoms with E-state index in [1.165, 1.54) is 37.1 Å². The van der Waals surface area contributed by atoms with Crippen LogP contribution in [0.2, 0.25) is 0 Å². The molecule has 1 unspecified atom stereocenters. The van der Waals surface area contributed by atoms with Crippen molar-refractivity contribution in [2.75, 3.05) is 24.9 Å². The number of ether oxygens (including phenoxy) is 2. The monoisotopic (exact) mass is 436 g/mol. The Kier molecular flexibility index (Phi) is 5.50. The van der Waals surface area contributed by atoms with E-state index in [9.17, 15) is 14.4 Å². The molecule has 2 amide bonds. The van der Waals surface area contributed by atoms with E-state index in [1.807, 2.05) is 0 Å². The van der Waals surface area contributed by atoms with Gasteiger partial charge in [-0.3, -0.25) is 9.59 Å². The van der Waals surface area contributed by atoms with Crippen molar-refractivity contribution in [3.63, 3.8) is 0 Å². The lowest BCUT2D eigenvalue weighted by Gasteiger charge is -2.24. The van der Waals surface area contributed by atoms with Gasteiger partial charge in [-0.15, -0.1) is 0 Å². The van der Waals surface area contributed by atoms with Crippen LogP contribution >= 0.6 is 0 Å². The topological polar surface area (TPSA) is 132 Å². The minimum absolute atomic E-state index is 0.0414. The van der Waals surface area contributed by atoms with Crippen LogP contribution < -0.4 is 20.1 Å². The van der Waals surface area contributed by atoms with Crippen LogP contribution in [0.1, 0.15) is 22.8 Å². The van der Waals surface area contributed by atoms with Gasteiger partial charge in [0.2, 0.25) is 11.8 Å². The van der Waals surface area contributed by atoms with Crippen molar-refractivity contribution >= 4 is 29.3 Å². The van der Waals surface area contributed by atoms with Gasteiger partial charge in [0.25, 0.3) is 0 Å². The van der Waals surface area contributed by atoms with Crippen molar-refractivity contribution in [1.29, 1.82) is 0 Å². The minimum atomic E-state index is -1.10. The summed E-state index contributed by atoms with van der Waals surface area (Å²) in [7, 11) is 3.06. The summed E-state index contributed by atoms with van der Waals surface area (Å²) in [6.07, 6.45) is 1.46. The molecule has 0 saturated heterocycles. The molecule has 32 heavy (non-hydrogen) atoms. The molecule has 1 aliphatic heterocycles. The lowest BCUT2D eigenvalue weighted by atomic mass is 10.1. The molecule has 0 bridgehead atoms. The first-order valence-electron chi connectivity index (χ1n) is 9.65. The van der Waals surface area contributed by atoms with Gasteiger partial charge in [0.05, 0.1) is 32.4 Å². The molecule has 0 fully saturated rings. The summed E-state index contributed by atoms with van der Waals surface area (Å²) < 4.78 is 12.1. The van der Waals surface area contributed by atoms with Gasteiger partial charge in [-0.2, -0.15) is 5.10 Å². The number of rotatable bonds is 6. The number of nitrogens with one attached hydrogen (secondary N) is 2. The van der Waals surface area contributed by atoms with Gasteiger partial charge in [-0.25, -0.2) is 9.48 Å². The molecule has 0 saturated carbocycles. The van der Waals surface area contributed by atoms with Gasteiger partial charge in [-0.1, -0.05) is 12.1 Å². The van der Waals surface area contributed by atoms with Crippen LogP contribution in [0.4, 0.5) is 11.5 Å². The maximum Gasteiger partial charge on any atom is 0.335 e. The SMILES string of the molecule is COc1ccc(-c2cnn3c2NC(=O)CC3C(=O)Nc2cccc(C(=O)O)c2)cc1OC. The number of carboxylic acids is 1. The molecule has 0 radical (unpaired) electrons. The standard InChI is InChI=1S/C22H20N4O6/c1-31-17-7-6-12(9-18(17)32-2)15-11-23-26-16(10-19(27)25-20(15)26)21(28)24-14-5-3-4-13(8-14)22(29)30/h3-9,11,16H,10H2,1-2H3,(H,24,28)(H,25,27)(H,29,30). The first-order valence-corrected chi connectivity index (χ1v) is 9.65. The highest BCUT2D eigenvalue weighted by molar-refractivity contribution is 6.03. The fourth-order valence-corrected chi connectivity index (χ4v) is 3.54. The number of hydrogen-bond donors (Lipinski definition) is 3. The zero-order valence-corrected chi connectivity index (χ0v) is 17.3. The highest BCUT2D eigenvalue weighted by Crippen LogP contribution is 2.38.